The minimum absolute atomic E-state index is 0.00579. The summed E-state index contributed by atoms with van der Waals surface area (Å²) in [7, 11) is 1.54. The second-order valence-electron chi connectivity index (χ2n) is 9.14. The Kier molecular flexibility index (Phi) is 8.95. The van der Waals surface area contributed by atoms with Crippen molar-refractivity contribution in [2.24, 2.45) is 5.73 Å². The molecule has 202 valence electrons. The second-order valence-corrected chi connectivity index (χ2v) is 9.92. The molecule has 0 spiro atoms. The fraction of sp³-hybridized carbons (Fsp3) is 0.333. The molecule has 2 aromatic carbocycles. The van der Waals surface area contributed by atoms with E-state index in [4.69, 9.17) is 20.9 Å². The highest BCUT2D eigenvalue weighted by molar-refractivity contribution is 7.09. The number of aromatic nitrogens is 1. The van der Waals surface area contributed by atoms with Gasteiger partial charge in [-0.05, 0) is 80.7 Å². The van der Waals surface area contributed by atoms with Gasteiger partial charge in [0.1, 0.15) is 22.4 Å². The molecule has 1 atom stereocenters. The molecule has 5 N–H and O–H groups in total. The van der Waals surface area contributed by atoms with Gasteiger partial charge in [0.15, 0.2) is 5.69 Å². The van der Waals surface area contributed by atoms with E-state index in [1.807, 2.05) is 27.7 Å². The van der Waals surface area contributed by atoms with Crippen LogP contribution in [0, 0.1) is 0 Å². The van der Waals surface area contributed by atoms with E-state index in [-0.39, 0.29) is 16.3 Å². The molecular formula is C27H33N5O5S. The molecule has 0 bridgehead atoms. The predicted molar refractivity (Wildman–Crippen MR) is 148 cm³/mol. The largest absolute Gasteiger partial charge is 0.497 e. The SMILES string of the molecule is CCOc1ccc(N(C(=O)c2snc(C(N)=O)c2N)C(C(=O)NC(C)(C)CC)c2ccc(OC)cc2)cc1. The first kappa shape index (κ1) is 28.5. The van der Waals surface area contributed by atoms with Gasteiger partial charge in [-0.2, -0.15) is 4.37 Å². The first-order valence-corrected chi connectivity index (χ1v) is 12.9. The molecule has 3 aromatic rings. The lowest BCUT2D eigenvalue weighted by atomic mass is 9.98. The van der Waals surface area contributed by atoms with Gasteiger partial charge in [-0.25, -0.2) is 0 Å². The van der Waals surface area contributed by atoms with E-state index in [0.717, 1.165) is 11.5 Å². The molecule has 1 aromatic heterocycles. The molecule has 1 heterocycles. The summed E-state index contributed by atoms with van der Waals surface area (Å²) in [5.74, 6) is -0.656. The summed E-state index contributed by atoms with van der Waals surface area (Å²) in [5.41, 5.74) is 11.6. The summed E-state index contributed by atoms with van der Waals surface area (Å²) in [6.45, 7) is 8.10. The normalized spacial score (nSPS) is 11.9. The van der Waals surface area contributed by atoms with Crippen LogP contribution in [0.25, 0.3) is 0 Å². The molecule has 11 heteroatoms. The number of nitrogen functional groups attached to an aromatic ring is 1. The molecule has 0 saturated heterocycles. The molecule has 3 amide bonds. The molecule has 0 fully saturated rings. The highest BCUT2D eigenvalue weighted by Crippen LogP contribution is 2.35. The fourth-order valence-corrected chi connectivity index (χ4v) is 4.43. The number of nitrogens with one attached hydrogen (secondary N) is 1. The smallest absolute Gasteiger partial charge is 0.273 e. The van der Waals surface area contributed by atoms with Crippen molar-refractivity contribution in [1.29, 1.82) is 0 Å². The molecule has 0 aliphatic heterocycles. The van der Waals surface area contributed by atoms with E-state index in [0.29, 0.717) is 35.8 Å². The van der Waals surface area contributed by atoms with Gasteiger partial charge in [0.25, 0.3) is 11.8 Å². The quantitative estimate of drug-likeness (QED) is 0.334. The first-order chi connectivity index (χ1) is 18.0. The van der Waals surface area contributed by atoms with Crippen LogP contribution < -0.4 is 31.2 Å². The van der Waals surface area contributed by atoms with E-state index in [1.165, 1.54) is 4.90 Å². The van der Waals surface area contributed by atoms with Crippen molar-refractivity contribution in [2.45, 2.75) is 45.7 Å². The minimum atomic E-state index is -1.10. The Morgan fingerprint density at radius 3 is 2.16 bits per heavy atom. The van der Waals surface area contributed by atoms with E-state index < -0.39 is 29.3 Å². The Morgan fingerprint density at radius 1 is 1.05 bits per heavy atom. The number of carbonyl (C=O) groups excluding carboxylic acids is 3. The van der Waals surface area contributed by atoms with E-state index in [9.17, 15) is 14.4 Å². The van der Waals surface area contributed by atoms with Gasteiger partial charge in [-0.3, -0.25) is 19.3 Å². The zero-order chi connectivity index (χ0) is 28.0. The Morgan fingerprint density at radius 2 is 1.66 bits per heavy atom. The second kappa shape index (κ2) is 12.0. The van der Waals surface area contributed by atoms with Gasteiger partial charge in [0, 0.05) is 11.2 Å². The molecule has 0 saturated carbocycles. The number of ether oxygens (including phenoxy) is 2. The lowest BCUT2D eigenvalue weighted by molar-refractivity contribution is -0.124. The molecule has 3 rings (SSSR count). The van der Waals surface area contributed by atoms with Crippen LogP contribution in [0.2, 0.25) is 0 Å². The van der Waals surface area contributed by atoms with Gasteiger partial charge in [0.2, 0.25) is 5.91 Å². The average molecular weight is 540 g/mol. The number of nitrogens with zero attached hydrogens (tertiary/aromatic N) is 2. The minimum Gasteiger partial charge on any atom is -0.497 e. The van der Waals surface area contributed by atoms with E-state index >= 15 is 0 Å². The number of hydrogen-bond acceptors (Lipinski definition) is 8. The Bertz CT molecular complexity index is 1290. The van der Waals surface area contributed by atoms with Crippen molar-refractivity contribution in [2.75, 3.05) is 24.4 Å². The van der Waals surface area contributed by atoms with Crippen molar-refractivity contribution in [3.05, 3.63) is 64.7 Å². The van der Waals surface area contributed by atoms with Crippen molar-refractivity contribution in [1.82, 2.24) is 9.69 Å². The van der Waals surface area contributed by atoms with Crippen LogP contribution in [0.5, 0.6) is 11.5 Å². The summed E-state index contributed by atoms with van der Waals surface area (Å²) in [6, 6.07) is 12.6. The number of primary amides is 1. The summed E-state index contributed by atoms with van der Waals surface area (Å²) < 4.78 is 14.8. The Hall–Kier alpha value is -4.12. The maximum atomic E-state index is 14.1. The van der Waals surface area contributed by atoms with Crippen LogP contribution in [0.1, 0.15) is 65.9 Å². The highest BCUT2D eigenvalue weighted by Gasteiger charge is 2.37. The number of rotatable bonds is 11. The summed E-state index contributed by atoms with van der Waals surface area (Å²) in [4.78, 5) is 41.1. The van der Waals surface area contributed by atoms with Crippen molar-refractivity contribution >= 4 is 40.6 Å². The number of methoxy groups -OCH3 is 1. The van der Waals surface area contributed by atoms with Crippen LogP contribution in [-0.4, -0.2) is 41.4 Å². The topological polar surface area (TPSA) is 150 Å². The monoisotopic (exact) mass is 539 g/mol. The van der Waals surface area contributed by atoms with Crippen molar-refractivity contribution in [3.8, 4) is 11.5 Å². The van der Waals surface area contributed by atoms with Gasteiger partial charge < -0.3 is 26.3 Å². The Labute approximate surface area is 226 Å². The third-order valence-corrected chi connectivity index (χ3v) is 6.93. The van der Waals surface area contributed by atoms with Gasteiger partial charge in [-0.1, -0.05) is 19.1 Å². The Balaban J connectivity index is 2.22. The summed E-state index contributed by atoms with van der Waals surface area (Å²) >= 11 is 0.751. The third-order valence-electron chi connectivity index (χ3n) is 6.08. The first-order valence-electron chi connectivity index (χ1n) is 12.1. The van der Waals surface area contributed by atoms with E-state index in [2.05, 4.69) is 9.69 Å². The molecular weight excluding hydrogens is 506 g/mol. The standard InChI is InChI=1S/C27H33N5O5S/c1-6-27(3,4)30-25(34)22(16-8-12-18(36-5)13-9-16)32(17-10-14-19(15-11-17)37-7-2)26(35)23-20(28)21(24(29)33)31-38-23/h8-15,22H,6-7,28H2,1-5H3,(H2,29,33)(H,30,34). The maximum absolute atomic E-state index is 14.1. The maximum Gasteiger partial charge on any atom is 0.273 e. The lowest BCUT2D eigenvalue weighted by Crippen LogP contribution is -2.50. The molecule has 10 nitrogen and oxygen atoms in total. The number of benzene rings is 2. The number of carbonyl (C=O) groups is 3. The van der Waals surface area contributed by atoms with Crippen molar-refractivity contribution < 1.29 is 23.9 Å². The fourth-order valence-electron chi connectivity index (χ4n) is 3.69. The van der Waals surface area contributed by atoms with Crippen LogP contribution in [0.4, 0.5) is 11.4 Å². The van der Waals surface area contributed by atoms with E-state index in [1.54, 1.807) is 55.6 Å². The summed E-state index contributed by atoms with van der Waals surface area (Å²) in [5, 5.41) is 3.05. The third kappa shape index (κ3) is 6.23. The highest BCUT2D eigenvalue weighted by atomic mass is 32.1. The average Bonchev–Trinajstić information content (AvgIpc) is 3.29. The number of hydrogen-bond donors (Lipinski definition) is 3. The number of anilines is 2. The van der Waals surface area contributed by atoms with Crippen LogP contribution in [0.15, 0.2) is 48.5 Å². The van der Waals surface area contributed by atoms with Gasteiger partial charge in [0.05, 0.1) is 19.4 Å². The molecule has 1 unspecified atom stereocenters. The number of amides is 3. The van der Waals surface area contributed by atoms with Crippen molar-refractivity contribution in [3.63, 3.8) is 0 Å². The number of nitrogens with two attached hydrogens (primary N) is 2. The zero-order valence-electron chi connectivity index (χ0n) is 22.1. The zero-order valence-corrected chi connectivity index (χ0v) is 22.9. The summed E-state index contributed by atoms with van der Waals surface area (Å²) in [6.07, 6.45) is 0.662. The van der Waals surface area contributed by atoms with Gasteiger partial charge >= 0.3 is 0 Å². The molecule has 38 heavy (non-hydrogen) atoms. The molecule has 0 aliphatic carbocycles. The molecule has 0 aliphatic rings. The lowest BCUT2D eigenvalue weighted by Gasteiger charge is -2.34. The van der Waals surface area contributed by atoms with Crippen LogP contribution in [-0.2, 0) is 4.79 Å². The van der Waals surface area contributed by atoms with Crippen LogP contribution >= 0.6 is 11.5 Å². The van der Waals surface area contributed by atoms with Gasteiger partial charge in [-0.15, -0.1) is 0 Å². The molecule has 0 radical (unpaired) electrons. The predicted octanol–water partition coefficient (Wildman–Crippen LogP) is 3.92. The van der Waals surface area contributed by atoms with Crippen LogP contribution in [0.3, 0.4) is 0 Å².